The summed E-state index contributed by atoms with van der Waals surface area (Å²) in [4.78, 5) is 21.3. The van der Waals surface area contributed by atoms with Gasteiger partial charge in [-0.15, -0.1) is 12.4 Å². The molecule has 0 spiro atoms. The summed E-state index contributed by atoms with van der Waals surface area (Å²) < 4.78 is 20.5. The Morgan fingerprint density at radius 2 is 1.87 bits per heavy atom. The smallest absolute Gasteiger partial charge is 0.260 e. The first-order valence-corrected chi connectivity index (χ1v) is 10.6. The number of carbonyl (C=O) groups excluding carboxylic acids is 1. The van der Waals surface area contributed by atoms with Crippen LogP contribution in [0.5, 0.6) is 5.75 Å². The van der Waals surface area contributed by atoms with E-state index in [0.29, 0.717) is 35.9 Å². The van der Waals surface area contributed by atoms with Gasteiger partial charge in [0.25, 0.3) is 5.91 Å². The second kappa shape index (κ2) is 11.2. The van der Waals surface area contributed by atoms with Gasteiger partial charge in [0.2, 0.25) is 0 Å². The van der Waals surface area contributed by atoms with Gasteiger partial charge in [-0.05, 0) is 56.9 Å². The highest BCUT2D eigenvalue weighted by molar-refractivity contribution is 7.22. The number of para-hydroxylation sites is 1. The van der Waals surface area contributed by atoms with Crippen LogP contribution in [0.4, 0.5) is 9.52 Å². The van der Waals surface area contributed by atoms with Crippen LogP contribution >= 0.6 is 23.7 Å². The lowest BCUT2D eigenvalue weighted by molar-refractivity contribution is 0.0985. The Bertz CT molecular complexity index is 963. The molecular formula is C22H27ClFN3O2S. The number of carbonyl (C=O) groups is 1. The van der Waals surface area contributed by atoms with Crippen LogP contribution < -0.4 is 9.64 Å². The summed E-state index contributed by atoms with van der Waals surface area (Å²) in [6.45, 7) is 3.90. The Morgan fingerprint density at radius 1 is 1.13 bits per heavy atom. The van der Waals surface area contributed by atoms with Crippen molar-refractivity contribution in [2.45, 2.75) is 19.8 Å². The van der Waals surface area contributed by atoms with Gasteiger partial charge in [0.1, 0.15) is 17.1 Å². The molecule has 0 N–H and O–H groups in total. The lowest BCUT2D eigenvalue weighted by Crippen LogP contribution is -2.36. The number of rotatable bonds is 9. The van der Waals surface area contributed by atoms with E-state index in [4.69, 9.17) is 4.74 Å². The number of amides is 1. The number of thiazole rings is 1. The minimum absolute atomic E-state index is 0. The first kappa shape index (κ1) is 24.1. The summed E-state index contributed by atoms with van der Waals surface area (Å²) in [5.74, 6) is 0.210. The lowest BCUT2D eigenvalue weighted by Gasteiger charge is -2.22. The predicted octanol–water partition coefficient (Wildman–Crippen LogP) is 5.24. The molecule has 30 heavy (non-hydrogen) atoms. The SMILES string of the molecule is CCCCOc1ccc(C(=O)N(CCN(C)C)c2nc3c(F)cccc3s2)cc1.Cl. The molecule has 0 saturated heterocycles. The first-order chi connectivity index (χ1) is 14.0. The Hall–Kier alpha value is -2.22. The molecule has 1 amide bonds. The van der Waals surface area contributed by atoms with Gasteiger partial charge in [0.05, 0.1) is 11.3 Å². The molecule has 0 unspecified atom stereocenters. The molecule has 2 aromatic carbocycles. The van der Waals surface area contributed by atoms with E-state index in [-0.39, 0.29) is 24.1 Å². The number of aromatic nitrogens is 1. The van der Waals surface area contributed by atoms with Crippen molar-refractivity contribution in [1.82, 2.24) is 9.88 Å². The number of benzene rings is 2. The van der Waals surface area contributed by atoms with Crippen molar-refractivity contribution < 1.29 is 13.9 Å². The van der Waals surface area contributed by atoms with Gasteiger partial charge >= 0.3 is 0 Å². The zero-order valence-electron chi connectivity index (χ0n) is 17.4. The zero-order chi connectivity index (χ0) is 20.8. The van der Waals surface area contributed by atoms with Gasteiger partial charge in [0, 0.05) is 18.7 Å². The number of halogens is 2. The Balaban J connectivity index is 0.00000320. The normalized spacial score (nSPS) is 10.8. The van der Waals surface area contributed by atoms with Crippen molar-refractivity contribution in [3.63, 3.8) is 0 Å². The lowest BCUT2D eigenvalue weighted by atomic mass is 10.2. The van der Waals surface area contributed by atoms with Crippen molar-refractivity contribution in [1.29, 1.82) is 0 Å². The Morgan fingerprint density at radius 3 is 2.50 bits per heavy atom. The molecule has 0 saturated carbocycles. The third kappa shape index (κ3) is 5.90. The maximum atomic E-state index is 14.1. The van der Waals surface area contributed by atoms with Crippen LogP contribution in [0, 0.1) is 5.82 Å². The molecule has 5 nitrogen and oxygen atoms in total. The van der Waals surface area contributed by atoms with Crippen LogP contribution in [0.3, 0.4) is 0 Å². The highest BCUT2D eigenvalue weighted by Gasteiger charge is 2.22. The Kier molecular flexibility index (Phi) is 9.02. The van der Waals surface area contributed by atoms with Crippen molar-refractivity contribution in [3.05, 3.63) is 53.8 Å². The summed E-state index contributed by atoms with van der Waals surface area (Å²) >= 11 is 1.32. The molecule has 0 bridgehead atoms. The van der Waals surface area contributed by atoms with Crippen molar-refractivity contribution in [3.8, 4) is 5.75 Å². The van der Waals surface area contributed by atoms with Crippen LogP contribution in [-0.4, -0.2) is 49.6 Å². The van der Waals surface area contributed by atoms with Crippen LogP contribution in [-0.2, 0) is 0 Å². The van der Waals surface area contributed by atoms with Gasteiger partial charge in [-0.2, -0.15) is 0 Å². The fraction of sp³-hybridized carbons (Fsp3) is 0.364. The minimum Gasteiger partial charge on any atom is -0.494 e. The fourth-order valence-corrected chi connectivity index (χ4v) is 3.79. The molecule has 3 rings (SSSR count). The molecule has 1 aromatic heterocycles. The average Bonchev–Trinajstić information content (AvgIpc) is 3.14. The van der Waals surface area contributed by atoms with Crippen molar-refractivity contribution in [2.75, 3.05) is 38.7 Å². The summed E-state index contributed by atoms with van der Waals surface area (Å²) in [5, 5.41) is 0.500. The molecule has 0 radical (unpaired) electrons. The third-order valence-corrected chi connectivity index (χ3v) is 5.52. The van der Waals surface area contributed by atoms with Gasteiger partial charge in [0.15, 0.2) is 5.13 Å². The highest BCUT2D eigenvalue weighted by Crippen LogP contribution is 2.31. The molecule has 0 aliphatic heterocycles. The topological polar surface area (TPSA) is 45.7 Å². The molecule has 0 fully saturated rings. The molecule has 0 atom stereocenters. The number of unbranched alkanes of at least 4 members (excludes halogenated alkanes) is 1. The number of hydrogen-bond donors (Lipinski definition) is 0. The second-order valence-electron chi connectivity index (χ2n) is 7.07. The highest BCUT2D eigenvalue weighted by atomic mass is 35.5. The fourth-order valence-electron chi connectivity index (χ4n) is 2.79. The Labute approximate surface area is 186 Å². The summed E-state index contributed by atoms with van der Waals surface area (Å²) in [6.07, 6.45) is 2.06. The van der Waals surface area contributed by atoms with E-state index in [1.165, 1.54) is 17.4 Å². The molecule has 3 aromatic rings. The summed E-state index contributed by atoms with van der Waals surface area (Å²) in [6, 6.07) is 12.0. The molecule has 0 aliphatic rings. The zero-order valence-corrected chi connectivity index (χ0v) is 19.1. The number of nitrogens with zero attached hydrogens (tertiary/aromatic N) is 3. The number of ether oxygens (including phenoxy) is 1. The van der Waals surface area contributed by atoms with Crippen LogP contribution in [0.1, 0.15) is 30.1 Å². The van der Waals surface area contributed by atoms with Crippen LogP contribution in [0.15, 0.2) is 42.5 Å². The van der Waals surface area contributed by atoms with Gasteiger partial charge in [-0.1, -0.05) is 30.7 Å². The van der Waals surface area contributed by atoms with E-state index in [0.717, 1.165) is 23.3 Å². The average molecular weight is 452 g/mol. The predicted molar refractivity (Wildman–Crippen MR) is 124 cm³/mol. The van der Waals surface area contributed by atoms with Crippen LogP contribution in [0.25, 0.3) is 10.2 Å². The van der Waals surface area contributed by atoms with Crippen LogP contribution in [0.2, 0.25) is 0 Å². The molecule has 1 heterocycles. The van der Waals surface area contributed by atoms with E-state index < -0.39 is 0 Å². The molecule has 162 valence electrons. The summed E-state index contributed by atoms with van der Waals surface area (Å²) in [7, 11) is 3.90. The monoisotopic (exact) mass is 451 g/mol. The van der Waals surface area contributed by atoms with E-state index >= 15 is 0 Å². The van der Waals surface area contributed by atoms with Gasteiger partial charge < -0.3 is 9.64 Å². The molecule has 0 aliphatic carbocycles. The van der Waals surface area contributed by atoms with Gasteiger partial charge in [-0.25, -0.2) is 9.37 Å². The molecular weight excluding hydrogens is 425 g/mol. The van der Waals surface area contributed by atoms with E-state index in [2.05, 4.69) is 11.9 Å². The quantitative estimate of drug-likeness (QED) is 0.417. The van der Waals surface area contributed by atoms with Crippen molar-refractivity contribution in [2.24, 2.45) is 0 Å². The van der Waals surface area contributed by atoms with Crippen molar-refractivity contribution >= 4 is 45.0 Å². The first-order valence-electron chi connectivity index (χ1n) is 9.74. The number of likely N-dealkylation sites (N-methyl/N-ethyl adjacent to an activating group) is 1. The van der Waals surface area contributed by atoms with E-state index in [1.807, 2.05) is 37.2 Å². The van der Waals surface area contributed by atoms with E-state index in [9.17, 15) is 9.18 Å². The number of anilines is 1. The van der Waals surface area contributed by atoms with Gasteiger partial charge in [-0.3, -0.25) is 9.69 Å². The summed E-state index contributed by atoms with van der Waals surface area (Å²) in [5.41, 5.74) is 0.848. The number of fused-ring (bicyclic) bond motifs is 1. The standard InChI is InChI=1S/C22H26FN3O2S.ClH/c1-4-5-15-28-17-11-9-16(10-12-17)21(27)26(14-13-25(2)3)22-24-20-18(23)7-6-8-19(20)29-22;/h6-12H,4-5,13-15H2,1-3H3;1H. The minimum atomic E-state index is -0.376. The van der Waals surface area contributed by atoms with E-state index in [1.54, 1.807) is 23.1 Å². The second-order valence-corrected chi connectivity index (χ2v) is 8.08. The third-order valence-electron chi connectivity index (χ3n) is 4.47. The maximum Gasteiger partial charge on any atom is 0.260 e. The maximum absolute atomic E-state index is 14.1. The largest absolute Gasteiger partial charge is 0.494 e. The number of hydrogen-bond acceptors (Lipinski definition) is 5. The molecule has 8 heteroatoms.